The first-order chi connectivity index (χ1) is 19.5. The van der Waals surface area contributed by atoms with Crippen molar-refractivity contribution in [1.82, 2.24) is 9.55 Å². The lowest BCUT2D eigenvalue weighted by molar-refractivity contribution is -0.206. The van der Waals surface area contributed by atoms with Gasteiger partial charge in [-0.25, -0.2) is 14.0 Å². The molecule has 1 saturated heterocycles. The predicted molar refractivity (Wildman–Crippen MR) is 143 cm³/mol. The van der Waals surface area contributed by atoms with Gasteiger partial charge in [0.2, 0.25) is 0 Å². The van der Waals surface area contributed by atoms with Crippen LogP contribution in [-0.4, -0.2) is 50.8 Å². The third-order valence-electron chi connectivity index (χ3n) is 6.14. The molecule has 41 heavy (non-hydrogen) atoms. The van der Waals surface area contributed by atoms with Crippen LogP contribution in [0.2, 0.25) is 5.02 Å². The Balaban J connectivity index is 1.57. The molecule has 4 rings (SSSR count). The summed E-state index contributed by atoms with van der Waals surface area (Å²) in [4.78, 5) is 51.1. The third kappa shape index (κ3) is 7.25. The molecule has 1 aliphatic rings. The Morgan fingerprint density at radius 3 is 2.61 bits per heavy atom. The quantitative estimate of drug-likeness (QED) is 0.200. The fraction of sp³-hybridized carbons (Fsp3) is 0.346. The highest BCUT2D eigenvalue weighted by molar-refractivity contribution is 7.33. The van der Waals surface area contributed by atoms with Crippen LogP contribution in [0.5, 0.6) is 5.75 Å². The second-order valence-corrected chi connectivity index (χ2v) is 10.5. The number of para-hydroxylation sites is 1. The van der Waals surface area contributed by atoms with E-state index in [-0.39, 0.29) is 17.4 Å². The molecule has 2 aromatic carbocycles. The predicted octanol–water partition coefficient (Wildman–Crippen LogP) is 2.59. The van der Waals surface area contributed by atoms with Crippen LogP contribution in [-0.2, 0) is 25.4 Å². The molecule has 0 aliphatic carbocycles. The summed E-state index contributed by atoms with van der Waals surface area (Å²) in [5.41, 5.74) is -3.59. The Labute approximate surface area is 238 Å². The minimum absolute atomic E-state index is 0.0129. The summed E-state index contributed by atoms with van der Waals surface area (Å²) >= 11 is 6.18. The van der Waals surface area contributed by atoms with E-state index >= 15 is 4.39 Å². The lowest BCUT2D eigenvalue weighted by Gasteiger charge is -2.25. The molecule has 1 fully saturated rings. The lowest BCUT2D eigenvalue weighted by atomic mass is 9.98. The normalized spacial score (nSPS) is 24.0. The third-order valence-corrected chi connectivity index (χ3v) is 7.37. The number of aliphatic hydroxyl groups is 1. The highest BCUT2D eigenvalue weighted by Gasteiger charge is 2.59. The molecule has 1 aromatic heterocycles. The fourth-order valence-corrected chi connectivity index (χ4v) is 4.91. The van der Waals surface area contributed by atoms with Crippen LogP contribution in [0.15, 0.2) is 81.2 Å². The number of alkyl halides is 1. The van der Waals surface area contributed by atoms with Gasteiger partial charge in [-0.05, 0) is 31.5 Å². The summed E-state index contributed by atoms with van der Waals surface area (Å²) in [5.74, 6) is -0.769. The Hall–Kier alpha value is -3.45. The molecule has 2 N–H and O–H groups in total. The molecule has 2 heterocycles. The van der Waals surface area contributed by atoms with E-state index in [9.17, 15) is 24.4 Å². The van der Waals surface area contributed by atoms with Crippen molar-refractivity contribution in [3.8, 4) is 5.75 Å². The van der Waals surface area contributed by atoms with Crippen LogP contribution in [0.1, 0.15) is 25.6 Å². The number of esters is 1. The molecule has 3 unspecified atom stereocenters. The summed E-state index contributed by atoms with van der Waals surface area (Å²) in [6.07, 6.45) is -6.20. The molecule has 0 radical (unpaired) electrons. The number of benzene rings is 2. The average molecular weight is 610 g/mol. The zero-order valence-corrected chi connectivity index (χ0v) is 23.4. The first-order valence-corrected chi connectivity index (χ1v) is 13.8. The van der Waals surface area contributed by atoms with Crippen LogP contribution in [0, 0.1) is 0 Å². The second kappa shape index (κ2) is 13.0. The summed E-state index contributed by atoms with van der Waals surface area (Å²) in [7, 11) is -3.03. The summed E-state index contributed by atoms with van der Waals surface area (Å²) in [6.45, 7) is 2.28. The van der Waals surface area contributed by atoms with Gasteiger partial charge in [-0.2, -0.15) is 0 Å². The number of nitrogens with zero attached hydrogens (tertiary/aromatic N) is 2. The molecule has 0 saturated carbocycles. The number of hydrogen-bond donors (Lipinski definition) is 2. The number of H-pyrrole nitrogens is 1. The number of carbonyl (C=O) groups is 1. The standard InChI is InChI=1S/C26H26ClFN3O9P/c1-15(22(34)37-14-16-8-4-3-5-9-16)30-41(36)40-23(38-18-11-7-6-10-17(18)27)20-21(33)26(2,28)24(39-20)31-13-12-19(32)29-25(31)35/h3-13,15,20-21,23-24,33H,14H2,1-2H3,(H,29,32,35)/t15-,20+,21+,23?,24?,26+/m0/s1. The molecular formula is C26H26ClFN3O9P. The molecule has 0 bridgehead atoms. The maximum Gasteiger partial charge on any atom is 0.346 e. The van der Waals surface area contributed by atoms with Crippen LogP contribution in [0.25, 0.3) is 0 Å². The van der Waals surface area contributed by atoms with Crippen molar-refractivity contribution in [2.45, 2.75) is 56.9 Å². The van der Waals surface area contributed by atoms with Crippen LogP contribution >= 0.6 is 19.8 Å². The molecule has 12 nitrogen and oxygen atoms in total. The van der Waals surface area contributed by atoms with Gasteiger partial charge >= 0.3 is 19.8 Å². The molecule has 1 aliphatic heterocycles. The van der Waals surface area contributed by atoms with Gasteiger partial charge < -0.3 is 24.2 Å². The average Bonchev–Trinajstić information content (AvgIpc) is 3.17. The van der Waals surface area contributed by atoms with Gasteiger partial charge in [-0.3, -0.25) is 14.3 Å². The summed E-state index contributed by atoms with van der Waals surface area (Å²) in [6, 6.07) is 14.7. The largest absolute Gasteiger partial charge is 0.583 e. The Morgan fingerprint density at radius 1 is 1.24 bits per heavy atom. The van der Waals surface area contributed by atoms with E-state index in [4.69, 9.17) is 30.3 Å². The van der Waals surface area contributed by atoms with E-state index in [1.54, 1.807) is 36.4 Å². The number of hydrogen-bond acceptors (Lipinski definition) is 10. The van der Waals surface area contributed by atoms with Crippen molar-refractivity contribution in [1.29, 1.82) is 0 Å². The Morgan fingerprint density at radius 2 is 1.93 bits per heavy atom. The smallest absolute Gasteiger partial charge is 0.346 e. The van der Waals surface area contributed by atoms with Gasteiger partial charge in [0, 0.05) is 12.3 Å². The number of aliphatic hydroxyl groups excluding tert-OH is 1. The SMILES string of the molecule is C[C@H](/N=[P+](\[O-])OC(Oc1ccccc1Cl)[C@@H]1OC(n2ccc(=O)[nH]c2=O)[C@](C)(F)[C@@H]1O)C(=O)OCc1ccccc1. The van der Waals surface area contributed by atoms with E-state index < -0.39 is 61.8 Å². The highest BCUT2D eigenvalue weighted by Crippen LogP contribution is 2.44. The van der Waals surface area contributed by atoms with Gasteiger partial charge in [0.1, 0.15) is 18.5 Å². The van der Waals surface area contributed by atoms with Gasteiger partial charge in [0.25, 0.3) is 11.8 Å². The van der Waals surface area contributed by atoms with Crippen molar-refractivity contribution >= 4 is 25.7 Å². The summed E-state index contributed by atoms with van der Waals surface area (Å²) < 4.78 is 42.4. The zero-order chi connectivity index (χ0) is 29.7. The molecule has 7 atom stereocenters. The van der Waals surface area contributed by atoms with Gasteiger partial charge in [-0.15, -0.1) is 4.52 Å². The minimum atomic E-state index is -3.03. The van der Waals surface area contributed by atoms with Crippen molar-refractivity contribution in [3.05, 3.63) is 98.3 Å². The van der Waals surface area contributed by atoms with E-state index in [2.05, 4.69) is 4.74 Å². The lowest BCUT2D eigenvalue weighted by Crippen LogP contribution is -2.46. The molecule has 218 valence electrons. The maximum atomic E-state index is 15.8. The van der Waals surface area contributed by atoms with E-state index in [1.807, 2.05) is 11.1 Å². The number of halogens is 2. The van der Waals surface area contributed by atoms with Crippen molar-refractivity contribution in [3.63, 3.8) is 0 Å². The maximum absolute atomic E-state index is 15.8. The molecule has 3 aromatic rings. The molecule has 15 heteroatoms. The van der Waals surface area contributed by atoms with Crippen molar-refractivity contribution < 1.29 is 37.9 Å². The zero-order valence-electron chi connectivity index (χ0n) is 21.8. The van der Waals surface area contributed by atoms with Gasteiger partial charge in [-0.1, -0.05) is 58.8 Å². The van der Waals surface area contributed by atoms with E-state index in [1.165, 1.54) is 19.1 Å². The number of carbonyl (C=O) groups excluding carboxylic acids is 1. The van der Waals surface area contributed by atoms with Crippen LogP contribution in [0.3, 0.4) is 0 Å². The molecule has 0 amide bonds. The Kier molecular flexibility index (Phi) is 9.69. The number of rotatable bonds is 10. The first-order valence-electron chi connectivity index (χ1n) is 12.3. The van der Waals surface area contributed by atoms with Crippen molar-refractivity contribution in [2.75, 3.05) is 0 Å². The van der Waals surface area contributed by atoms with E-state index in [0.29, 0.717) is 0 Å². The minimum Gasteiger partial charge on any atom is -0.583 e. The van der Waals surface area contributed by atoms with Crippen LogP contribution in [0.4, 0.5) is 4.39 Å². The fourth-order valence-electron chi connectivity index (χ4n) is 3.95. The topological polar surface area (TPSA) is 164 Å². The number of aromatic nitrogens is 2. The Bertz CT molecular complexity index is 1520. The second-order valence-electron chi connectivity index (χ2n) is 9.21. The number of ether oxygens (including phenoxy) is 3. The van der Waals surface area contributed by atoms with Crippen molar-refractivity contribution in [2.24, 2.45) is 4.74 Å². The molecule has 0 spiro atoms. The highest BCUT2D eigenvalue weighted by atomic mass is 35.5. The number of aromatic amines is 1. The molecular weight excluding hydrogens is 584 g/mol. The van der Waals surface area contributed by atoms with Gasteiger partial charge in [0.05, 0.1) is 5.02 Å². The first kappa shape index (κ1) is 30.5. The summed E-state index contributed by atoms with van der Waals surface area (Å²) in [5, 5.41) is 11.0. The van der Waals surface area contributed by atoms with Crippen LogP contribution < -0.4 is 20.9 Å². The number of nitrogens with one attached hydrogen (secondary N) is 1. The monoisotopic (exact) mass is 609 g/mol. The van der Waals surface area contributed by atoms with Gasteiger partial charge in [0.15, 0.2) is 24.0 Å². The van der Waals surface area contributed by atoms with E-state index in [0.717, 1.165) is 29.3 Å².